The van der Waals surface area contributed by atoms with E-state index in [1.807, 2.05) is 0 Å². The summed E-state index contributed by atoms with van der Waals surface area (Å²) in [5, 5.41) is 20.4. The lowest BCUT2D eigenvalue weighted by atomic mass is 10.1. The minimum Gasteiger partial charge on any atom is -0.381 e. The number of anilines is 1. The summed E-state index contributed by atoms with van der Waals surface area (Å²) in [4.78, 5) is 11.2. The van der Waals surface area contributed by atoms with Crippen LogP contribution in [0.3, 0.4) is 0 Å². The summed E-state index contributed by atoms with van der Waals surface area (Å²) in [6, 6.07) is 0. The van der Waals surface area contributed by atoms with E-state index in [-0.39, 0.29) is 0 Å². The van der Waals surface area contributed by atoms with Crippen molar-refractivity contribution in [1.82, 2.24) is 10.2 Å². The molecule has 0 radical (unpaired) electrons. The molecule has 2 N–H and O–H groups in total. The zero-order valence-electron chi connectivity index (χ0n) is 7.66. The van der Waals surface area contributed by atoms with Gasteiger partial charge in [0.25, 0.3) is 5.91 Å². The van der Waals surface area contributed by atoms with Gasteiger partial charge < -0.3 is 5.11 Å². The highest BCUT2D eigenvalue weighted by atomic mass is 32.1. The van der Waals surface area contributed by atoms with Gasteiger partial charge in [0.05, 0.1) is 0 Å². The molecule has 1 aromatic rings. The van der Waals surface area contributed by atoms with Gasteiger partial charge in [-0.2, -0.15) is 0 Å². The maximum atomic E-state index is 11.2. The highest BCUT2D eigenvalue weighted by Crippen LogP contribution is 2.15. The third kappa shape index (κ3) is 2.74. The number of nitrogens with zero attached hydrogens (tertiary/aromatic N) is 2. The molecule has 6 heteroatoms. The monoisotopic (exact) mass is 201 g/mol. The van der Waals surface area contributed by atoms with Crippen LogP contribution < -0.4 is 5.32 Å². The number of aryl methyl sites for hydroxylation is 1. The molecular weight excluding hydrogens is 190 g/mol. The molecule has 0 aliphatic rings. The van der Waals surface area contributed by atoms with Crippen LogP contribution in [-0.2, 0) is 4.79 Å². The largest absolute Gasteiger partial charge is 0.381 e. The van der Waals surface area contributed by atoms with Gasteiger partial charge in [0, 0.05) is 0 Å². The Bertz CT molecular complexity index is 316. The summed E-state index contributed by atoms with van der Waals surface area (Å²) < 4.78 is 0. The summed E-state index contributed by atoms with van der Waals surface area (Å²) in [7, 11) is 0. The lowest BCUT2D eigenvalue weighted by molar-refractivity contribution is -0.130. The van der Waals surface area contributed by atoms with Crippen molar-refractivity contribution in [2.75, 3.05) is 5.32 Å². The predicted molar refractivity (Wildman–Crippen MR) is 49.6 cm³/mol. The Kier molecular flexibility index (Phi) is 2.63. The standard InChI is InChI=1S/C7H11N3O2S/c1-4-9-10-6(13-4)8-5(11)7(2,3)12/h12H,1-3H3,(H,8,10,11). The zero-order chi connectivity index (χ0) is 10.1. The molecule has 0 saturated carbocycles. The Hall–Kier alpha value is -1.01. The lowest BCUT2D eigenvalue weighted by Gasteiger charge is -2.14. The van der Waals surface area contributed by atoms with E-state index in [0.717, 1.165) is 5.01 Å². The van der Waals surface area contributed by atoms with Crippen LogP contribution in [0.5, 0.6) is 0 Å². The summed E-state index contributed by atoms with van der Waals surface area (Å²) in [5.41, 5.74) is -1.39. The molecule has 0 bridgehead atoms. The van der Waals surface area contributed by atoms with Gasteiger partial charge in [0.1, 0.15) is 10.6 Å². The minimum absolute atomic E-state index is 0.407. The van der Waals surface area contributed by atoms with Crippen LogP contribution in [0.4, 0.5) is 5.13 Å². The fraction of sp³-hybridized carbons (Fsp3) is 0.571. The molecule has 72 valence electrons. The molecule has 1 rings (SSSR count). The molecule has 0 saturated heterocycles. The minimum atomic E-state index is -1.39. The van der Waals surface area contributed by atoms with E-state index >= 15 is 0 Å². The van der Waals surface area contributed by atoms with Gasteiger partial charge in [-0.15, -0.1) is 10.2 Å². The van der Waals surface area contributed by atoms with Crippen LogP contribution >= 0.6 is 11.3 Å². The van der Waals surface area contributed by atoms with Gasteiger partial charge in [-0.05, 0) is 20.8 Å². The van der Waals surface area contributed by atoms with Crippen LogP contribution in [-0.4, -0.2) is 26.8 Å². The van der Waals surface area contributed by atoms with Crippen molar-refractivity contribution in [2.24, 2.45) is 0 Å². The third-order valence-electron chi connectivity index (χ3n) is 1.30. The molecule has 0 unspecified atom stereocenters. The Labute approximate surface area is 79.8 Å². The Balaban J connectivity index is 2.65. The van der Waals surface area contributed by atoms with Crippen LogP contribution in [0.15, 0.2) is 0 Å². The SMILES string of the molecule is Cc1nnc(NC(=O)C(C)(C)O)s1. The number of aliphatic hydroxyl groups is 1. The summed E-state index contributed by atoms with van der Waals surface area (Å²) in [6.07, 6.45) is 0. The molecule has 1 amide bonds. The molecule has 0 aromatic carbocycles. The van der Waals surface area contributed by atoms with E-state index in [1.165, 1.54) is 25.2 Å². The number of hydrogen-bond acceptors (Lipinski definition) is 5. The number of nitrogens with one attached hydrogen (secondary N) is 1. The highest BCUT2D eigenvalue weighted by molar-refractivity contribution is 7.15. The number of rotatable bonds is 2. The maximum Gasteiger partial charge on any atom is 0.257 e. The smallest absolute Gasteiger partial charge is 0.257 e. The lowest BCUT2D eigenvalue weighted by Crippen LogP contribution is -2.36. The summed E-state index contributed by atoms with van der Waals surface area (Å²) in [5.74, 6) is -0.483. The van der Waals surface area contributed by atoms with E-state index in [4.69, 9.17) is 0 Å². The van der Waals surface area contributed by atoms with Crippen LogP contribution in [0.25, 0.3) is 0 Å². The van der Waals surface area contributed by atoms with Gasteiger partial charge in [-0.1, -0.05) is 11.3 Å². The third-order valence-corrected chi connectivity index (χ3v) is 2.06. The second kappa shape index (κ2) is 3.39. The first-order chi connectivity index (χ1) is 5.89. The fourth-order valence-electron chi connectivity index (χ4n) is 0.597. The van der Waals surface area contributed by atoms with Crippen LogP contribution in [0.2, 0.25) is 0 Å². The fourth-order valence-corrected chi connectivity index (χ4v) is 1.18. The molecule has 1 aromatic heterocycles. The van der Waals surface area contributed by atoms with Gasteiger partial charge >= 0.3 is 0 Å². The zero-order valence-corrected chi connectivity index (χ0v) is 8.47. The van der Waals surface area contributed by atoms with Crippen molar-refractivity contribution in [3.05, 3.63) is 5.01 Å². The first-order valence-electron chi connectivity index (χ1n) is 3.73. The molecule has 0 spiro atoms. The number of carbonyl (C=O) groups excluding carboxylic acids is 1. The average Bonchev–Trinajstić information content (AvgIpc) is 2.33. The van der Waals surface area contributed by atoms with Crippen molar-refractivity contribution in [3.63, 3.8) is 0 Å². The first kappa shape index (κ1) is 10.1. The second-order valence-electron chi connectivity index (χ2n) is 3.14. The topological polar surface area (TPSA) is 75.1 Å². The molecule has 0 atom stereocenters. The molecule has 5 nitrogen and oxygen atoms in total. The first-order valence-corrected chi connectivity index (χ1v) is 4.55. The summed E-state index contributed by atoms with van der Waals surface area (Å²) in [6.45, 7) is 4.61. The van der Waals surface area contributed by atoms with Crippen molar-refractivity contribution in [1.29, 1.82) is 0 Å². The van der Waals surface area contributed by atoms with Crippen LogP contribution in [0, 0.1) is 6.92 Å². The summed E-state index contributed by atoms with van der Waals surface area (Å²) >= 11 is 1.27. The average molecular weight is 201 g/mol. The molecular formula is C7H11N3O2S. The molecule has 0 fully saturated rings. The number of carbonyl (C=O) groups is 1. The molecule has 0 aliphatic carbocycles. The number of hydrogen-bond donors (Lipinski definition) is 2. The van der Waals surface area contributed by atoms with E-state index in [9.17, 15) is 9.90 Å². The van der Waals surface area contributed by atoms with Gasteiger partial charge in [-0.25, -0.2) is 0 Å². The van der Waals surface area contributed by atoms with Crippen molar-refractivity contribution >= 4 is 22.4 Å². The Morgan fingerprint density at radius 3 is 2.54 bits per heavy atom. The number of amides is 1. The highest BCUT2D eigenvalue weighted by Gasteiger charge is 2.24. The normalized spacial score (nSPS) is 11.4. The quantitative estimate of drug-likeness (QED) is 0.733. The van der Waals surface area contributed by atoms with E-state index in [2.05, 4.69) is 15.5 Å². The van der Waals surface area contributed by atoms with Crippen molar-refractivity contribution in [3.8, 4) is 0 Å². The van der Waals surface area contributed by atoms with E-state index < -0.39 is 11.5 Å². The Morgan fingerprint density at radius 2 is 2.15 bits per heavy atom. The van der Waals surface area contributed by atoms with E-state index in [1.54, 1.807) is 6.92 Å². The second-order valence-corrected chi connectivity index (χ2v) is 4.32. The van der Waals surface area contributed by atoms with E-state index in [0.29, 0.717) is 5.13 Å². The van der Waals surface area contributed by atoms with Gasteiger partial charge in [-0.3, -0.25) is 10.1 Å². The maximum absolute atomic E-state index is 11.2. The van der Waals surface area contributed by atoms with Gasteiger partial charge in [0.2, 0.25) is 5.13 Å². The molecule has 13 heavy (non-hydrogen) atoms. The number of aromatic nitrogens is 2. The molecule has 1 heterocycles. The van der Waals surface area contributed by atoms with Crippen molar-refractivity contribution in [2.45, 2.75) is 26.4 Å². The molecule has 0 aliphatic heterocycles. The van der Waals surface area contributed by atoms with Crippen molar-refractivity contribution < 1.29 is 9.90 Å². The predicted octanol–water partition coefficient (Wildman–Crippen LogP) is 0.556. The van der Waals surface area contributed by atoms with Crippen LogP contribution in [0.1, 0.15) is 18.9 Å². The Morgan fingerprint density at radius 1 is 1.54 bits per heavy atom. The van der Waals surface area contributed by atoms with Gasteiger partial charge in [0.15, 0.2) is 0 Å².